The van der Waals surface area contributed by atoms with Crippen molar-refractivity contribution >= 4 is 11.6 Å². The fourth-order valence-electron chi connectivity index (χ4n) is 2.69. The lowest BCUT2D eigenvalue weighted by Gasteiger charge is -2.21. The van der Waals surface area contributed by atoms with Crippen LogP contribution in [0.1, 0.15) is 24.0 Å². The van der Waals surface area contributed by atoms with Crippen LogP contribution in [0.5, 0.6) is 0 Å². The number of amides is 1. The average Bonchev–Trinajstić information content (AvgIpc) is 2.90. The number of fused-ring (bicyclic) bond motifs is 1. The number of anilines is 1. The molecule has 19 heavy (non-hydrogen) atoms. The summed E-state index contributed by atoms with van der Waals surface area (Å²) in [5, 5.41) is 0. The Hall–Kier alpha value is -2.09. The first kappa shape index (κ1) is 12.0. The van der Waals surface area contributed by atoms with Gasteiger partial charge in [-0.15, -0.1) is 0 Å². The molecule has 0 radical (unpaired) electrons. The van der Waals surface area contributed by atoms with Crippen LogP contribution in [0.25, 0.3) is 0 Å². The van der Waals surface area contributed by atoms with E-state index in [-0.39, 0.29) is 11.8 Å². The Balaban J connectivity index is 1.86. The van der Waals surface area contributed by atoms with Crippen molar-refractivity contribution in [1.82, 2.24) is 0 Å². The smallest absolute Gasteiger partial charge is 0.234 e. The maximum atomic E-state index is 12.6. The summed E-state index contributed by atoms with van der Waals surface area (Å²) >= 11 is 0. The van der Waals surface area contributed by atoms with Crippen LogP contribution in [-0.4, -0.2) is 12.5 Å². The van der Waals surface area contributed by atoms with Crippen molar-refractivity contribution in [2.45, 2.75) is 19.3 Å². The molecule has 3 rings (SSSR count). The lowest BCUT2D eigenvalue weighted by atomic mass is 10.00. The van der Waals surface area contributed by atoms with Gasteiger partial charge in [-0.2, -0.15) is 0 Å². The molecule has 1 atom stereocenters. The van der Waals surface area contributed by atoms with Crippen molar-refractivity contribution in [3.05, 3.63) is 65.7 Å². The van der Waals surface area contributed by atoms with Crippen LogP contribution in [-0.2, 0) is 11.2 Å². The molecule has 0 saturated heterocycles. The highest BCUT2D eigenvalue weighted by atomic mass is 16.2. The number of carbonyl (C=O) groups excluding carboxylic acids is 1. The monoisotopic (exact) mass is 251 g/mol. The number of rotatable bonds is 2. The van der Waals surface area contributed by atoms with Gasteiger partial charge in [-0.05, 0) is 30.5 Å². The zero-order valence-corrected chi connectivity index (χ0v) is 11.0. The van der Waals surface area contributed by atoms with Crippen LogP contribution in [0.2, 0.25) is 0 Å². The van der Waals surface area contributed by atoms with Gasteiger partial charge in [0, 0.05) is 12.2 Å². The molecule has 0 aromatic heterocycles. The Kier molecular flexibility index (Phi) is 3.08. The van der Waals surface area contributed by atoms with Gasteiger partial charge in [0.05, 0.1) is 5.92 Å². The Bertz CT molecular complexity index is 591. The second-order valence-electron chi connectivity index (χ2n) is 5.00. The summed E-state index contributed by atoms with van der Waals surface area (Å²) in [5.74, 6) is 0.100. The largest absolute Gasteiger partial charge is 0.311 e. The molecule has 0 saturated carbocycles. The molecule has 2 heteroatoms. The molecule has 0 fully saturated rings. The average molecular weight is 251 g/mol. The fourth-order valence-corrected chi connectivity index (χ4v) is 2.69. The molecular formula is C17H17NO. The Morgan fingerprint density at radius 1 is 1.05 bits per heavy atom. The number of nitrogens with zero attached hydrogens (tertiary/aromatic N) is 1. The first-order valence-corrected chi connectivity index (χ1v) is 6.71. The van der Waals surface area contributed by atoms with Crippen LogP contribution in [0.4, 0.5) is 5.69 Å². The minimum atomic E-state index is -0.0904. The van der Waals surface area contributed by atoms with E-state index in [4.69, 9.17) is 0 Å². The van der Waals surface area contributed by atoms with Gasteiger partial charge >= 0.3 is 0 Å². The van der Waals surface area contributed by atoms with Crippen molar-refractivity contribution in [2.24, 2.45) is 0 Å². The zero-order valence-electron chi connectivity index (χ0n) is 11.0. The maximum Gasteiger partial charge on any atom is 0.234 e. The number of hydrogen-bond donors (Lipinski definition) is 0. The first-order valence-electron chi connectivity index (χ1n) is 6.71. The molecule has 1 aliphatic rings. The topological polar surface area (TPSA) is 20.3 Å². The van der Waals surface area contributed by atoms with Crippen LogP contribution < -0.4 is 4.90 Å². The Morgan fingerprint density at radius 2 is 1.74 bits per heavy atom. The third-order valence-electron chi connectivity index (χ3n) is 3.82. The van der Waals surface area contributed by atoms with E-state index >= 15 is 0 Å². The molecular weight excluding hydrogens is 234 g/mol. The highest BCUT2D eigenvalue weighted by Gasteiger charge is 2.28. The van der Waals surface area contributed by atoms with Gasteiger partial charge in [-0.25, -0.2) is 0 Å². The van der Waals surface area contributed by atoms with Gasteiger partial charge in [0.1, 0.15) is 0 Å². The summed E-state index contributed by atoms with van der Waals surface area (Å²) < 4.78 is 0. The quantitative estimate of drug-likeness (QED) is 0.801. The maximum absolute atomic E-state index is 12.6. The molecule has 2 nitrogen and oxygen atoms in total. The molecule has 2 aromatic carbocycles. The normalized spacial score (nSPS) is 15.1. The van der Waals surface area contributed by atoms with E-state index < -0.39 is 0 Å². The van der Waals surface area contributed by atoms with Crippen LogP contribution in [0.3, 0.4) is 0 Å². The standard InChI is InChI=1S/C17H17NO/c1-13(14-7-3-2-4-8-14)17(19)18-12-11-15-9-5-6-10-16(15)18/h2-10,13H,11-12H2,1H3/t13-/m1/s1. The minimum absolute atomic E-state index is 0.0904. The van der Waals surface area contributed by atoms with Crippen LogP contribution >= 0.6 is 0 Å². The van der Waals surface area contributed by atoms with Crippen molar-refractivity contribution in [3.8, 4) is 0 Å². The molecule has 0 bridgehead atoms. The van der Waals surface area contributed by atoms with Crippen LogP contribution in [0, 0.1) is 0 Å². The fraction of sp³-hybridized carbons (Fsp3) is 0.235. The molecule has 0 spiro atoms. The van der Waals surface area contributed by atoms with Gasteiger partial charge in [0.2, 0.25) is 5.91 Å². The summed E-state index contributed by atoms with van der Waals surface area (Å²) in [6, 6.07) is 18.2. The molecule has 96 valence electrons. The number of hydrogen-bond acceptors (Lipinski definition) is 1. The zero-order chi connectivity index (χ0) is 13.2. The number of carbonyl (C=O) groups is 1. The Labute approximate surface area is 113 Å². The third-order valence-corrected chi connectivity index (χ3v) is 3.82. The summed E-state index contributed by atoms with van der Waals surface area (Å²) in [5.41, 5.74) is 3.43. The van der Waals surface area contributed by atoms with Crippen LogP contribution in [0.15, 0.2) is 54.6 Å². The van der Waals surface area contributed by atoms with Gasteiger partial charge < -0.3 is 4.90 Å². The van der Waals surface area contributed by atoms with Gasteiger partial charge in [-0.3, -0.25) is 4.79 Å². The predicted octanol–water partition coefficient (Wildman–Crippen LogP) is 3.38. The second-order valence-corrected chi connectivity index (χ2v) is 5.00. The molecule has 2 aromatic rings. The van der Waals surface area contributed by atoms with Crippen molar-refractivity contribution in [2.75, 3.05) is 11.4 Å². The minimum Gasteiger partial charge on any atom is -0.311 e. The van der Waals surface area contributed by atoms with Gasteiger partial charge in [-0.1, -0.05) is 48.5 Å². The molecule has 1 amide bonds. The lowest BCUT2D eigenvalue weighted by Crippen LogP contribution is -2.32. The molecule has 1 heterocycles. The van der Waals surface area contributed by atoms with Crippen molar-refractivity contribution in [1.29, 1.82) is 0 Å². The summed E-state index contributed by atoms with van der Waals surface area (Å²) in [4.78, 5) is 14.6. The first-order chi connectivity index (χ1) is 9.27. The van der Waals surface area contributed by atoms with E-state index in [1.807, 2.05) is 60.4 Å². The van der Waals surface area contributed by atoms with E-state index in [9.17, 15) is 4.79 Å². The molecule has 0 unspecified atom stereocenters. The van der Waals surface area contributed by atoms with E-state index in [2.05, 4.69) is 6.07 Å². The molecule has 1 aliphatic heterocycles. The molecule has 0 aliphatic carbocycles. The van der Waals surface area contributed by atoms with Gasteiger partial charge in [0.25, 0.3) is 0 Å². The predicted molar refractivity (Wildman–Crippen MR) is 77.4 cm³/mol. The summed E-state index contributed by atoms with van der Waals surface area (Å²) in [6.45, 7) is 2.79. The number of para-hydroxylation sites is 1. The third kappa shape index (κ3) is 2.14. The molecule has 0 N–H and O–H groups in total. The SMILES string of the molecule is C[C@@H](C(=O)N1CCc2ccccc21)c1ccccc1. The van der Waals surface area contributed by atoms with Gasteiger partial charge in [0.15, 0.2) is 0 Å². The van der Waals surface area contributed by atoms with Crippen molar-refractivity contribution in [3.63, 3.8) is 0 Å². The lowest BCUT2D eigenvalue weighted by molar-refractivity contribution is -0.119. The highest BCUT2D eigenvalue weighted by Crippen LogP contribution is 2.30. The summed E-state index contributed by atoms with van der Waals surface area (Å²) in [7, 11) is 0. The van der Waals surface area contributed by atoms with E-state index in [0.29, 0.717) is 0 Å². The number of benzene rings is 2. The van der Waals surface area contributed by atoms with E-state index in [0.717, 1.165) is 24.2 Å². The summed E-state index contributed by atoms with van der Waals surface area (Å²) in [6.07, 6.45) is 0.962. The second kappa shape index (κ2) is 4.88. The highest BCUT2D eigenvalue weighted by molar-refractivity contribution is 5.99. The van der Waals surface area contributed by atoms with E-state index in [1.54, 1.807) is 0 Å². The van der Waals surface area contributed by atoms with E-state index in [1.165, 1.54) is 5.56 Å². The van der Waals surface area contributed by atoms with Crippen molar-refractivity contribution < 1.29 is 4.79 Å². The Morgan fingerprint density at radius 3 is 2.53 bits per heavy atom.